The summed E-state index contributed by atoms with van der Waals surface area (Å²) in [5, 5.41) is 0. The number of benzene rings is 1. The molecular formula is C13H19N. The van der Waals surface area contributed by atoms with Gasteiger partial charge in [0.05, 0.1) is 0 Å². The zero-order chi connectivity index (χ0) is 10.0. The predicted octanol–water partition coefficient (Wildman–Crippen LogP) is 2.70. The molecule has 1 aliphatic rings. The van der Waals surface area contributed by atoms with Crippen molar-refractivity contribution in [3.05, 3.63) is 35.9 Å². The van der Waals surface area contributed by atoms with Gasteiger partial charge in [-0.05, 0) is 24.3 Å². The molecule has 1 aromatic carbocycles. The summed E-state index contributed by atoms with van der Waals surface area (Å²) in [5.41, 5.74) is 7.69. The van der Waals surface area contributed by atoms with Crippen LogP contribution < -0.4 is 5.73 Å². The molecule has 0 radical (unpaired) electrons. The van der Waals surface area contributed by atoms with Gasteiger partial charge >= 0.3 is 0 Å². The van der Waals surface area contributed by atoms with Crippen LogP contribution in [0.3, 0.4) is 0 Å². The minimum Gasteiger partial charge on any atom is -0.330 e. The molecule has 2 atom stereocenters. The van der Waals surface area contributed by atoms with Crippen molar-refractivity contribution in [2.45, 2.75) is 31.6 Å². The van der Waals surface area contributed by atoms with Crippen molar-refractivity contribution in [1.82, 2.24) is 0 Å². The van der Waals surface area contributed by atoms with Gasteiger partial charge in [0.2, 0.25) is 0 Å². The molecule has 2 unspecified atom stereocenters. The van der Waals surface area contributed by atoms with Gasteiger partial charge in [-0.25, -0.2) is 0 Å². The van der Waals surface area contributed by atoms with Crippen molar-refractivity contribution < 1.29 is 0 Å². The Labute approximate surface area is 86.3 Å². The highest BCUT2D eigenvalue weighted by molar-refractivity contribution is 5.28. The van der Waals surface area contributed by atoms with Gasteiger partial charge in [-0.1, -0.05) is 43.7 Å². The van der Waals surface area contributed by atoms with Crippen LogP contribution in [0.1, 0.15) is 31.7 Å². The smallest absolute Gasteiger partial charge is 0.0101 e. The van der Waals surface area contributed by atoms with Gasteiger partial charge in [-0.3, -0.25) is 0 Å². The third-order valence-corrected chi connectivity index (χ3v) is 3.92. The highest BCUT2D eigenvalue weighted by Crippen LogP contribution is 2.44. The fourth-order valence-electron chi connectivity index (χ4n) is 2.87. The Balaban J connectivity index is 2.38. The minimum absolute atomic E-state index is 0.265. The lowest BCUT2D eigenvalue weighted by Crippen LogP contribution is -2.37. The largest absolute Gasteiger partial charge is 0.330 e. The summed E-state index contributed by atoms with van der Waals surface area (Å²) in [6, 6.07) is 10.8. The van der Waals surface area contributed by atoms with E-state index in [0.29, 0.717) is 0 Å². The maximum Gasteiger partial charge on any atom is 0.0101 e. The maximum absolute atomic E-state index is 5.99. The third kappa shape index (κ3) is 1.36. The molecule has 14 heavy (non-hydrogen) atoms. The Morgan fingerprint density at radius 1 is 1.36 bits per heavy atom. The van der Waals surface area contributed by atoms with Gasteiger partial charge < -0.3 is 5.73 Å². The van der Waals surface area contributed by atoms with E-state index in [0.717, 1.165) is 12.5 Å². The average Bonchev–Trinajstić information content (AvgIpc) is 2.62. The molecule has 2 rings (SSSR count). The first-order valence-corrected chi connectivity index (χ1v) is 5.55. The molecule has 1 fully saturated rings. The van der Waals surface area contributed by atoms with E-state index in [1.165, 1.54) is 24.8 Å². The van der Waals surface area contributed by atoms with Crippen LogP contribution in [-0.4, -0.2) is 6.54 Å². The molecule has 2 N–H and O–H groups in total. The van der Waals surface area contributed by atoms with E-state index >= 15 is 0 Å². The molecule has 76 valence electrons. The summed E-state index contributed by atoms with van der Waals surface area (Å²) in [6.45, 7) is 3.13. The summed E-state index contributed by atoms with van der Waals surface area (Å²) in [4.78, 5) is 0. The zero-order valence-corrected chi connectivity index (χ0v) is 8.87. The number of hydrogen-bond acceptors (Lipinski definition) is 1. The van der Waals surface area contributed by atoms with E-state index < -0.39 is 0 Å². The number of hydrogen-bond donors (Lipinski definition) is 1. The lowest BCUT2D eigenvalue weighted by Gasteiger charge is -2.33. The lowest BCUT2D eigenvalue weighted by molar-refractivity contribution is 0.346. The predicted molar refractivity (Wildman–Crippen MR) is 60.2 cm³/mol. The molecular weight excluding hydrogens is 170 g/mol. The van der Waals surface area contributed by atoms with Crippen LogP contribution in [0.15, 0.2) is 30.3 Å². The highest BCUT2D eigenvalue weighted by Gasteiger charge is 2.40. The minimum atomic E-state index is 0.265. The Hall–Kier alpha value is -0.820. The van der Waals surface area contributed by atoms with Crippen LogP contribution in [0, 0.1) is 5.92 Å². The van der Waals surface area contributed by atoms with Gasteiger partial charge in [-0.2, -0.15) is 0 Å². The van der Waals surface area contributed by atoms with Crippen molar-refractivity contribution in [2.24, 2.45) is 11.7 Å². The van der Waals surface area contributed by atoms with Gasteiger partial charge in [0.15, 0.2) is 0 Å². The molecule has 0 spiro atoms. The molecule has 0 aromatic heterocycles. The van der Waals surface area contributed by atoms with E-state index in [1.54, 1.807) is 0 Å². The van der Waals surface area contributed by atoms with Crippen molar-refractivity contribution >= 4 is 0 Å². The Kier molecular flexibility index (Phi) is 2.60. The van der Waals surface area contributed by atoms with Gasteiger partial charge in [0.25, 0.3) is 0 Å². The molecule has 1 aromatic rings. The molecule has 0 heterocycles. The maximum atomic E-state index is 5.99. The first-order valence-electron chi connectivity index (χ1n) is 5.55. The number of rotatable bonds is 2. The van der Waals surface area contributed by atoms with E-state index in [1.807, 2.05) is 0 Å². The van der Waals surface area contributed by atoms with E-state index in [2.05, 4.69) is 37.3 Å². The third-order valence-electron chi connectivity index (χ3n) is 3.92. The normalized spacial score (nSPS) is 32.0. The summed E-state index contributed by atoms with van der Waals surface area (Å²) < 4.78 is 0. The first-order chi connectivity index (χ1) is 6.79. The van der Waals surface area contributed by atoms with Crippen LogP contribution in [0.4, 0.5) is 0 Å². The molecule has 0 saturated heterocycles. The second kappa shape index (κ2) is 3.74. The Morgan fingerprint density at radius 3 is 2.57 bits per heavy atom. The van der Waals surface area contributed by atoms with E-state index in [4.69, 9.17) is 5.73 Å². The summed E-state index contributed by atoms with van der Waals surface area (Å²) in [5.74, 6) is 0.731. The van der Waals surface area contributed by atoms with Crippen molar-refractivity contribution in [3.63, 3.8) is 0 Å². The SMILES string of the molecule is CC1CCCC1(CN)c1ccccc1. The molecule has 1 saturated carbocycles. The Bertz CT molecular complexity index is 293. The van der Waals surface area contributed by atoms with Crippen molar-refractivity contribution in [1.29, 1.82) is 0 Å². The van der Waals surface area contributed by atoms with Crippen molar-refractivity contribution in [2.75, 3.05) is 6.54 Å². The van der Waals surface area contributed by atoms with Crippen LogP contribution in [0.2, 0.25) is 0 Å². The molecule has 1 nitrogen and oxygen atoms in total. The standard InChI is InChI=1S/C13H19N/c1-11-6-5-9-13(11,10-14)12-7-3-2-4-8-12/h2-4,7-8,11H,5-6,9-10,14H2,1H3. The van der Waals surface area contributed by atoms with Gasteiger partial charge in [0, 0.05) is 12.0 Å². The molecule has 1 aliphatic carbocycles. The topological polar surface area (TPSA) is 26.0 Å². The lowest BCUT2D eigenvalue weighted by atomic mass is 9.73. The number of nitrogens with two attached hydrogens (primary N) is 1. The fourth-order valence-corrected chi connectivity index (χ4v) is 2.87. The summed E-state index contributed by atoms with van der Waals surface area (Å²) >= 11 is 0. The van der Waals surface area contributed by atoms with Gasteiger partial charge in [0.1, 0.15) is 0 Å². The summed E-state index contributed by atoms with van der Waals surface area (Å²) in [6.07, 6.45) is 3.91. The average molecular weight is 189 g/mol. The van der Waals surface area contributed by atoms with E-state index in [9.17, 15) is 0 Å². The molecule has 1 heteroatoms. The monoisotopic (exact) mass is 189 g/mol. The Morgan fingerprint density at radius 2 is 2.07 bits per heavy atom. The van der Waals surface area contributed by atoms with E-state index in [-0.39, 0.29) is 5.41 Å². The van der Waals surface area contributed by atoms with Crippen LogP contribution in [0.25, 0.3) is 0 Å². The van der Waals surface area contributed by atoms with Gasteiger partial charge in [-0.15, -0.1) is 0 Å². The highest BCUT2D eigenvalue weighted by atomic mass is 14.6. The quantitative estimate of drug-likeness (QED) is 0.760. The van der Waals surface area contributed by atoms with Crippen LogP contribution in [-0.2, 0) is 5.41 Å². The molecule has 0 aliphatic heterocycles. The van der Waals surface area contributed by atoms with Crippen LogP contribution in [0.5, 0.6) is 0 Å². The fraction of sp³-hybridized carbons (Fsp3) is 0.538. The van der Waals surface area contributed by atoms with Crippen molar-refractivity contribution in [3.8, 4) is 0 Å². The molecule has 0 bridgehead atoms. The zero-order valence-electron chi connectivity index (χ0n) is 8.87. The second-order valence-corrected chi connectivity index (χ2v) is 4.52. The molecule has 0 amide bonds. The summed E-state index contributed by atoms with van der Waals surface area (Å²) in [7, 11) is 0. The first kappa shape index (κ1) is 9.72. The van der Waals surface area contributed by atoms with Crippen LogP contribution >= 0.6 is 0 Å². The second-order valence-electron chi connectivity index (χ2n) is 4.52.